The monoisotopic (exact) mass is 348 g/mol. The molecule has 132 valence electrons. The van der Waals surface area contributed by atoms with Gasteiger partial charge in [0.1, 0.15) is 0 Å². The average Bonchev–Trinajstić information content (AvgIpc) is 2.99. The van der Waals surface area contributed by atoms with Gasteiger partial charge >= 0.3 is 0 Å². The number of hydrogen-bond acceptors (Lipinski definition) is 4. The highest BCUT2D eigenvalue weighted by atomic mass is 32.2. The summed E-state index contributed by atoms with van der Waals surface area (Å²) in [5.41, 5.74) is 2.76. The van der Waals surface area contributed by atoms with Gasteiger partial charge in [0.05, 0.1) is 24.5 Å². The van der Waals surface area contributed by atoms with Gasteiger partial charge in [0.25, 0.3) is 0 Å². The highest BCUT2D eigenvalue weighted by Gasteiger charge is 2.53. The van der Waals surface area contributed by atoms with Crippen LogP contribution in [0.4, 0.5) is 0 Å². The molecule has 4 rings (SSSR count). The fourth-order valence-electron chi connectivity index (χ4n) is 4.54. The molecule has 1 aromatic carbocycles. The average molecular weight is 349 g/mol. The van der Waals surface area contributed by atoms with E-state index < -0.39 is 11.4 Å². The van der Waals surface area contributed by atoms with Crippen molar-refractivity contribution in [1.82, 2.24) is 9.21 Å². The predicted molar refractivity (Wildman–Crippen MR) is 96.4 cm³/mol. The number of aryl methyl sites for hydroxylation is 2. The molecule has 1 atom stereocenters. The van der Waals surface area contributed by atoms with E-state index in [0.717, 1.165) is 36.8 Å². The number of rotatable bonds is 3. The summed E-state index contributed by atoms with van der Waals surface area (Å²) in [6, 6.07) is 6.94. The molecule has 1 unspecified atom stereocenters. The Hall–Kier alpha value is -0.590. The van der Waals surface area contributed by atoms with Crippen molar-refractivity contribution >= 4 is 11.4 Å². The van der Waals surface area contributed by atoms with Gasteiger partial charge in [-0.2, -0.15) is 0 Å². The fraction of sp³-hybridized carbons (Fsp3) is 0.684. The molecule has 24 heavy (non-hydrogen) atoms. The lowest BCUT2D eigenvalue weighted by Gasteiger charge is -2.46. The van der Waals surface area contributed by atoms with E-state index in [2.05, 4.69) is 35.2 Å². The van der Waals surface area contributed by atoms with Crippen molar-refractivity contribution in [3.8, 4) is 0 Å². The second kappa shape index (κ2) is 6.61. The first kappa shape index (κ1) is 16.9. The molecule has 0 aromatic heterocycles. The van der Waals surface area contributed by atoms with E-state index in [1.807, 2.05) is 6.07 Å². The Labute approximate surface area is 148 Å². The molecule has 3 fully saturated rings. The van der Waals surface area contributed by atoms with Gasteiger partial charge in [0, 0.05) is 36.8 Å². The SMILES string of the molecule is Cc1ccc([S+]([O-])N2CC3(CCN(C4CCOCC4)C3)C2)c(C)c1. The quantitative estimate of drug-likeness (QED) is 0.787. The first-order chi connectivity index (χ1) is 11.6. The molecule has 1 aromatic rings. The van der Waals surface area contributed by atoms with Crippen LogP contribution >= 0.6 is 0 Å². The molecule has 3 aliphatic heterocycles. The zero-order valence-corrected chi connectivity index (χ0v) is 15.6. The highest BCUT2D eigenvalue weighted by Crippen LogP contribution is 2.43. The first-order valence-electron chi connectivity index (χ1n) is 9.12. The lowest BCUT2D eigenvalue weighted by molar-refractivity contribution is 0.0255. The zero-order valence-electron chi connectivity index (χ0n) is 14.8. The summed E-state index contributed by atoms with van der Waals surface area (Å²) in [5, 5.41) is 0. The van der Waals surface area contributed by atoms with Crippen molar-refractivity contribution in [2.75, 3.05) is 39.4 Å². The summed E-state index contributed by atoms with van der Waals surface area (Å²) < 4.78 is 20.5. The third kappa shape index (κ3) is 3.13. The normalized spacial score (nSPS) is 26.6. The van der Waals surface area contributed by atoms with Gasteiger partial charge in [-0.1, -0.05) is 17.7 Å². The Kier molecular flexibility index (Phi) is 4.65. The Morgan fingerprint density at radius 2 is 1.92 bits per heavy atom. The molecule has 0 saturated carbocycles. The van der Waals surface area contributed by atoms with E-state index in [1.165, 1.54) is 37.9 Å². The van der Waals surface area contributed by atoms with E-state index >= 15 is 0 Å². The van der Waals surface area contributed by atoms with E-state index in [-0.39, 0.29) is 0 Å². The fourth-order valence-corrected chi connectivity index (χ4v) is 6.12. The van der Waals surface area contributed by atoms with Crippen molar-refractivity contribution in [1.29, 1.82) is 0 Å². The minimum Gasteiger partial charge on any atom is -0.593 e. The van der Waals surface area contributed by atoms with Gasteiger partial charge in [-0.05, 0) is 45.7 Å². The molecule has 0 amide bonds. The van der Waals surface area contributed by atoms with E-state index in [4.69, 9.17) is 4.74 Å². The largest absolute Gasteiger partial charge is 0.593 e. The van der Waals surface area contributed by atoms with Crippen LogP contribution in [-0.2, 0) is 16.1 Å². The van der Waals surface area contributed by atoms with Gasteiger partial charge in [0.15, 0.2) is 4.90 Å². The molecular weight excluding hydrogens is 320 g/mol. The molecule has 0 radical (unpaired) electrons. The van der Waals surface area contributed by atoms with Crippen LogP contribution in [0.5, 0.6) is 0 Å². The molecule has 0 aliphatic carbocycles. The second-order valence-corrected chi connectivity index (χ2v) is 9.33. The zero-order chi connectivity index (χ0) is 16.7. The summed E-state index contributed by atoms with van der Waals surface area (Å²) in [4.78, 5) is 3.65. The number of nitrogens with zero attached hydrogens (tertiary/aromatic N) is 2. The molecule has 5 heteroatoms. The van der Waals surface area contributed by atoms with Crippen LogP contribution < -0.4 is 0 Å². The molecule has 3 aliphatic rings. The predicted octanol–water partition coefficient (Wildman–Crippen LogP) is 2.51. The van der Waals surface area contributed by atoms with Crippen LogP contribution in [0.3, 0.4) is 0 Å². The first-order valence-corrected chi connectivity index (χ1v) is 10.2. The Bertz CT molecular complexity index is 597. The van der Waals surface area contributed by atoms with E-state index in [9.17, 15) is 4.55 Å². The number of likely N-dealkylation sites (tertiary alicyclic amines) is 1. The number of benzene rings is 1. The lowest BCUT2D eigenvalue weighted by atomic mass is 9.81. The maximum Gasteiger partial charge on any atom is 0.177 e. The molecule has 0 bridgehead atoms. The van der Waals surface area contributed by atoms with Crippen molar-refractivity contribution < 1.29 is 9.29 Å². The summed E-state index contributed by atoms with van der Waals surface area (Å²) in [7, 11) is 0. The maximum absolute atomic E-state index is 12.9. The van der Waals surface area contributed by atoms with Gasteiger partial charge in [-0.15, -0.1) is 4.31 Å². The van der Waals surface area contributed by atoms with Crippen LogP contribution in [0.15, 0.2) is 23.1 Å². The van der Waals surface area contributed by atoms with Crippen LogP contribution in [0.1, 0.15) is 30.4 Å². The molecular formula is C19H28N2O2S. The minimum absolute atomic E-state index is 0.382. The molecule has 3 saturated heterocycles. The maximum atomic E-state index is 12.9. The minimum atomic E-state index is -1.00. The molecule has 0 N–H and O–H groups in total. The lowest BCUT2D eigenvalue weighted by Crippen LogP contribution is -2.59. The van der Waals surface area contributed by atoms with Gasteiger partial charge in [-0.3, -0.25) is 4.90 Å². The van der Waals surface area contributed by atoms with E-state index in [1.54, 1.807) is 0 Å². The number of ether oxygens (including phenoxy) is 1. The van der Waals surface area contributed by atoms with Crippen LogP contribution in [-0.4, -0.2) is 59.2 Å². The summed E-state index contributed by atoms with van der Waals surface area (Å²) in [6.45, 7) is 10.3. The highest BCUT2D eigenvalue weighted by molar-refractivity contribution is 7.89. The van der Waals surface area contributed by atoms with Gasteiger partial charge < -0.3 is 9.29 Å². The van der Waals surface area contributed by atoms with E-state index in [0.29, 0.717) is 11.5 Å². The van der Waals surface area contributed by atoms with Crippen LogP contribution in [0, 0.1) is 19.3 Å². The van der Waals surface area contributed by atoms with Crippen LogP contribution in [0.25, 0.3) is 0 Å². The third-order valence-electron chi connectivity index (χ3n) is 5.95. The standard InChI is InChI=1S/C19H28N2O2S/c1-15-3-4-18(16(2)11-15)24(22)21-13-19(14-21)7-8-20(12-19)17-5-9-23-10-6-17/h3-4,11,17H,5-10,12-14H2,1-2H3. The van der Waals surface area contributed by atoms with Crippen LogP contribution in [0.2, 0.25) is 0 Å². The Morgan fingerprint density at radius 1 is 1.17 bits per heavy atom. The van der Waals surface area contributed by atoms with Gasteiger partial charge in [0.2, 0.25) is 0 Å². The Balaban J connectivity index is 1.35. The third-order valence-corrected chi connectivity index (χ3v) is 7.51. The summed E-state index contributed by atoms with van der Waals surface area (Å²) >= 11 is -1.00. The smallest absolute Gasteiger partial charge is 0.177 e. The molecule has 4 nitrogen and oxygen atoms in total. The Morgan fingerprint density at radius 3 is 2.62 bits per heavy atom. The van der Waals surface area contributed by atoms with Crippen molar-refractivity contribution in [3.63, 3.8) is 0 Å². The van der Waals surface area contributed by atoms with Crippen molar-refractivity contribution in [3.05, 3.63) is 29.3 Å². The molecule has 1 spiro atoms. The topological polar surface area (TPSA) is 38.8 Å². The summed E-state index contributed by atoms with van der Waals surface area (Å²) in [6.07, 6.45) is 3.60. The van der Waals surface area contributed by atoms with Crippen molar-refractivity contribution in [2.24, 2.45) is 5.41 Å². The summed E-state index contributed by atoms with van der Waals surface area (Å²) in [5.74, 6) is 0. The van der Waals surface area contributed by atoms with Crippen molar-refractivity contribution in [2.45, 2.75) is 44.0 Å². The second-order valence-electron chi connectivity index (χ2n) is 7.88. The van der Waals surface area contributed by atoms with Gasteiger partial charge in [-0.25, -0.2) is 0 Å². The molecule has 3 heterocycles. The number of hydrogen-bond donors (Lipinski definition) is 0.